The van der Waals surface area contributed by atoms with Crippen LogP contribution in [0.5, 0.6) is 5.75 Å². The number of furan rings is 1. The highest BCUT2D eigenvalue weighted by atomic mass is 32.2. The van der Waals surface area contributed by atoms with Gasteiger partial charge in [-0.2, -0.15) is 0 Å². The molecule has 1 aliphatic rings. The molecule has 3 heterocycles. The summed E-state index contributed by atoms with van der Waals surface area (Å²) in [6.45, 7) is 4.77. The summed E-state index contributed by atoms with van der Waals surface area (Å²) >= 11 is 2.78. The SMILES string of the molecule is CC(C)COc1ccc(N2C(=O)C(SCc3ccco3)=C(c3cccs3)C2=O)cc1. The highest BCUT2D eigenvalue weighted by Crippen LogP contribution is 2.41. The van der Waals surface area contributed by atoms with E-state index >= 15 is 0 Å². The lowest BCUT2D eigenvalue weighted by Crippen LogP contribution is -2.31. The Bertz CT molecular complexity index is 1050. The van der Waals surface area contributed by atoms with Crippen molar-refractivity contribution in [2.75, 3.05) is 11.5 Å². The number of anilines is 1. The molecule has 0 unspecified atom stereocenters. The van der Waals surface area contributed by atoms with Gasteiger partial charge in [0.05, 0.1) is 34.8 Å². The highest BCUT2D eigenvalue weighted by molar-refractivity contribution is 8.03. The Balaban J connectivity index is 1.60. The number of carbonyl (C=O) groups is 2. The van der Waals surface area contributed by atoms with Crippen LogP contribution in [0.3, 0.4) is 0 Å². The molecule has 0 aliphatic carbocycles. The molecule has 0 N–H and O–H groups in total. The van der Waals surface area contributed by atoms with Crippen molar-refractivity contribution in [3.05, 3.63) is 75.7 Å². The molecule has 0 atom stereocenters. The zero-order valence-corrected chi connectivity index (χ0v) is 18.3. The first-order valence-corrected chi connectivity index (χ1v) is 11.5. The first kappa shape index (κ1) is 20.5. The molecule has 30 heavy (non-hydrogen) atoms. The Morgan fingerprint density at radius 1 is 1.07 bits per heavy atom. The van der Waals surface area contributed by atoms with Gasteiger partial charge in [0.15, 0.2) is 0 Å². The van der Waals surface area contributed by atoms with Crippen LogP contribution < -0.4 is 9.64 Å². The largest absolute Gasteiger partial charge is 0.493 e. The average Bonchev–Trinajstić information content (AvgIpc) is 3.47. The van der Waals surface area contributed by atoms with Crippen molar-refractivity contribution in [2.45, 2.75) is 19.6 Å². The molecule has 0 saturated carbocycles. The molecular weight excluding hydrogens is 418 g/mol. The molecule has 0 bridgehead atoms. The maximum Gasteiger partial charge on any atom is 0.272 e. The van der Waals surface area contributed by atoms with E-state index in [1.165, 1.54) is 28.0 Å². The lowest BCUT2D eigenvalue weighted by atomic mass is 10.2. The minimum atomic E-state index is -0.309. The Morgan fingerprint density at radius 2 is 1.87 bits per heavy atom. The van der Waals surface area contributed by atoms with Crippen LogP contribution in [0.4, 0.5) is 5.69 Å². The van der Waals surface area contributed by atoms with Crippen molar-refractivity contribution in [3.63, 3.8) is 0 Å². The second kappa shape index (κ2) is 8.93. The summed E-state index contributed by atoms with van der Waals surface area (Å²) < 4.78 is 11.1. The van der Waals surface area contributed by atoms with Gasteiger partial charge in [0.2, 0.25) is 0 Å². The minimum Gasteiger partial charge on any atom is -0.493 e. The number of ether oxygens (including phenoxy) is 1. The summed E-state index contributed by atoms with van der Waals surface area (Å²) in [4.78, 5) is 29.0. The fourth-order valence-electron chi connectivity index (χ4n) is 3.01. The van der Waals surface area contributed by atoms with Crippen LogP contribution in [0.2, 0.25) is 0 Å². The summed E-state index contributed by atoms with van der Waals surface area (Å²) in [5.74, 6) is 1.74. The van der Waals surface area contributed by atoms with Gasteiger partial charge in [-0.05, 0) is 53.8 Å². The van der Waals surface area contributed by atoms with E-state index in [9.17, 15) is 9.59 Å². The van der Waals surface area contributed by atoms with E-state index in [-0.39, 0.29) is 11.8 Å². The topological polar surface area (TPSA) is 59.8 Å². The molecule has 4 rings (SSSR count). The number of hydrogen-bond acceptors (Lipinski definition) is 6. The monoisotopic (exact) mass is 439 g/mol. The maximum atomic E-state index is 13.3. The predicted molar refractivity (Wildman–Crippen MR) is 121 cm³/mol. The van der Waals surface area contributed by atoms with Gasteiger partial charge in [0.25, 0.3) is 11.8 Å². The molecule has 5 nitrogen and oxygen atoms in total. The van der Waals surface area contributed by atoms with Crippen molar-refractivity contribution in [1.82, 2.24) is 0 Å². The number of thioether (sulfide) groups is 1. The normalized spacial score (nSPS) is 14.3. The molecule has 154 valence electrons. The molecule has 1 aromatic carbocycles. The van der Waals surface area contributed by atoms with E-state index in [0.29, 0.717) is 40.2 Å². The number of amides is 2. The minimum absolute atomic E-state index is 0.305. The van der Waals surface area contributed by atoms with Crippen LogP contribution >= 0.6 is 23.1 Å². The van der Waals surface area contributed by atoms with Crippen LogP contribution in [0.15, 0.2) is 69.5 Å². The van der Waals surface area contributed by atoms with E-state index in [0.717, 1.165) is 10.6 Å². The van der Waals surface area contributed by atoms with Crippen LogP contribution in [-0.2, 0) is 15.3 Å². The van der Waals surface area contributed by atoms with E-state index in [1.54, 1.807) is 36.6 Å². The molecule has 0 radical (unpaired) electrons. The number of benzene rings is 1. The van der Waals surface area contributed by atoms with Crippen LogP contribution in [0.25, 0.3) is 5.57 Å². The van der Waals surface area contributed by atoms with E-state index in [1.807, 2.05) is 23.6 Å². The van der Waals surface area contributed by atoms with Gasteiger partial charge in [-0.25, -0.2) is 4.90 Å². The number of hydrogen-bond donors (Lipinski definition) is 0. The number of rotatable bonds is 8. The Morgan fingerprint density at radius 3 is 2.50 bits per heavy atom. The summed E-state index contributed by atoms with van der Waals surface area (Å²) in [6.07, 6.45) is 1.60. The van der Waals surface area contributed by atoms with Gasteiger partial charge in [-0.3, -0.25) is 9.59 Å². The van der Waals surface area contributed by atoms with Crippen LogP contribution in [0.1, 0.15) is 24.5 Å². The quantitative estimate of drug-likeness (QED) is 0.428. The van der Waals surface area contributed by atoms with Gasteiger partial charge in [0, 0.05) is 4.88 Å². The van der Waals surface area contributed by atoms with Gasteiger partial charge in [0.1, 0.15) is 11.5 Å². The first-order chi connectivity index (χ1) is 14.5. The first-order valence-electron chi connectivity index (χ1n) is 9.59. The molecule has 0 saturated heterocycles. The number of thiophene rings is 1. The van der Waals surface area contributed by atoms with Crippen molar-refractivity contribution in [2.24, 2.45) is 5.92 Å². The van der Waals surface area contributed by atoms with Crippen molar-refractivity contribution < 1.29 is 18.7 Å². The Hall–Kier alpha value is -2.77. The molecule has 0 spiro atoms. The molecule has 0 fully saturated rings. The smallest absolute Gasteiger partial charge is 0.272 e. The third-order valence-corrected chi connectivity index (χ3v) is 6.41. The molecule has 2 aromatic heterocycles. The molecular formula is C23H21NO4S2. The Kier molecular flexibility index (Phi) is 6.11. The standard InChI is InChI=1S/C23H21NO4S2/c1-15(2)13-28-17-9-7-16(8-10-17)24-22(25)20(19-6-4-12-29-19)21(23(24)26)30-14-18-5-3-11-27-18/h3-12,15H,13-14H2,1-2H3. The second-order valence-electron chi connectivity index (χ2n) is 7.19. The van der Waals surface area contributed by atoms with Gasteiger partial charge >= 0.3 is 0 Å². The van der Waals surface area contributed by atoms with Crippen molar-refractivity contribution in [1.29, 1.82) is 0 Å². The van der Waals surface area contributed by atoms with Gasteiger partial charge in [-0.15, -0.1) is 23.1 Å². The molecule has 7 heteroatoms. The third kappa shape index (κ3) is 4.22. The highest BCUT2D eigenvalue weighted by Gasteiger charge is 2.40. The average molecular weight is 440 g/mol. The van der Waals surface area contributed by atoms with Crippen molar-refractivity contribution >= 4 is 46.2 Å². The predicted octanol–water partition coefficient (Wildman–Crippen LogP) is 5.59. The molecule has 3 aromatic rings. The van der Waals surface area contributed by atoms with E-state index in [2.05, 4.69) is 13.8 Å². The van der Waals surface area contributed by atoms with Gasteiger partial charge < -0.3 is 9.15 Å². The Labute approximate surface area is 183 Å². The summed E-state index contributed by atoms with van der Waals surface area (Å²) in [6, 6.07) is 14.5. The summed E-state index contributed by atoms with van der Waals surface area (Å²) in [7, 11) is 0. The van der Waals surface area contributed by atoms with Crippen LogP contribution in [-0.4, -0.2) is 18.4 Å². The lowest BCUT2D eigenvalue weighted by molar-refractivity contribution is -0.119. The van der Waals surface area contributed by atoms with E-state index in [4.69, 9.17) is 9.15 Å². The number of carbonyl (C=O) groups excluding carboxylic acids is 2. The van der Waals surface area contributed by atoms with Crippen molar-refractivity contribution in [3.8, 4) is 5.75 Å². The zero-order valence-electron chi connectivity index (χ0n) is 16.7. The fourth-order valence-corrected chi connectivity index (χ4v) is 4.85. The summed E-state index contributed by atoms with van der Waals surface area (Å²) in [5, 5.41) is 1.90. The van der Waals surface area contributed by atoms with E-state index < -0.39 is 0 Å². The van der Waals surface area contributed by atoms with Gasteiger partial charge in [-0.1, -0.05) is 19.9 Å². The molecule has 1 aliphatic heterocycles. The second-order valence-corrected chi connectivity index (χ2v) is 9.13. The lowest BCUT2D eigenvalue weighted by Gasteiger charge is -2.16. The third-order valence-electron chi connectivity index (χ3n) is 4.43. The molecule has 2 amide bonds. The summed E-state index contributed by atoms with van der Waals surface area (Å²) in [5.41, 5.74) is 0.983. The maximum absolute atomic E-state index is 13.3. The fraction of sp³-hybridized carbons (Fsp3) is 0.217. The zero-order chi connectivity index (χ0) is 21.1. The number of nitrogens with zero attached hydrogens (tertiary/aromatic N) is 1. The number of imide groups is 1. The van der Waals surface area contributed by atoms with Crippen LogP contribution in [0, 0.1) is 5.92 Å².